The van der Waals surface area contributed by atoms with Crippen LogP contribution in [-0.2, 0) is 0 Å². The Bertz CT molecular complexity index is 2430. The molecule has 50 heavy (non-hydrogen) atoms. The first-order valence-corrected chi connectivity index (χ1v) is 15.2. The van der Waals surface area contributed by atoms with Gasteiger partial charge >= 0.3 is 0 Å². The molecule has 3 heterocycles. The lowest BCUT2D eigenvalue weighted by Crippen LogP contribution is -2.05. The number of nitrogens with zero attached hydrogens (tertiary/aromatic N) is 8. The highest BCUT2D eigenvalue weighted by atomic mass is 16.5. The van der Waals surface area contributed by atoms with Crippen LogP contribution < -0.4 is 18.9 Å². The van der Waals surface area contributed by atoms with Crippen LogP contribution in [0.2, 0.25) is 0 Å². The van der Waals surface area contributed by atoms with E-state index in [0.29, 0.717) is 23.0 Å². The summed E-state index contributed by atoms with van der Waals surface area (Å²) < 4.78 is 24.8. The van der Waals surface area contributed by atoms with Gasteiger partial charge < -0.3 is 18.9 Å². The number of fused-ring (bicyclic) bond motifs is 6. The van der Waals surface area contributed by atoms with Crippen LogP contribution in [-0.4, -0.2) is 29.9 Å². The van der Waals surface area contributed by atoms with Crippen LogP contribution in [0, 0.1) is 22.7 Å². The van der Waals surface area contributed by atoms with Gasteiger partial charge in [-0.1, -0.05) is 72.8 Å². The van der Waals surface area contributed by atoms with Crippen LogP contribution in [0.3, 0.4) is 0 Å². The molecule has 0 amide bonds. The molecule has 0 fully saturated rings. The fourth-order valence-corrected chi connectivity index (χ4v) is 5.06. The molecule has 12 heteroatoms. The Morgan fingerprint density at radius 2 is 0.540 bits per heavy atom. The third kappa shape index (κ3) is 5.72. The van der Waals surface area contributed by atoms with E-state index in [1.807, 2.05) is 84.9 Å². The Hall–Kier alpha value is -7.70. The summed E-state index contributed by atoms with van der Waals surface area (Å²) in [5.74, 6) is 1.96. The summed E-state index contributed by atoms with van der Waals surface area (Å²) in [4.78, 5) is 28.5. The topological polar surface area (TPSA) is 162 Å². The number of benzene rings is 5. The molecule has 0 saturated carbocycles. The quantitative estimate of drug-likeness (QED) is 0.144. The highest BCUT2D eigenvalue weighted by molar-refractivity contribution is 6.18. The molecule has 5 aromatic carbocycles. The van der Waals surface area contributed by atoms with E-state index in [4.69, 9.17) is 38.9 Å². The van der Waals surface area contributed by atoms with Crippen LogP contribution in [0.25, 0.3) is 33.1 Å². The van der Waals surface area contributed by atoms with Crippen LogP contribution >= 0.6 is 0 Å². The molecule has 0 aliphatic carbocycles. The van der Waals surface area contributed by atoms with E-state index >= 15 is 0 Å². The van der Waals surface area contributed by atoms with Gasteiger partial charge in [0.1, 0.15) is 68.2 Å². The molecular formula is C38H20N8O4. The first-order chi connectivity index (χ1) is 24.7. The summed E-state index contributed by atoms with van der Waals surface area (Å²) in [6, 6.07) is 40.0. The summed E-state index contributed by atoms with van der Waals surface area (Å²) >= 11 is 0. The average molecular weight is 653 g/mol. The van der Waals surface area contributed by atoms with Gasteiger partial charge in [-0.15, -0.1) is 0 Å². The summed E-state index contributed by atoms with van der Waals surface area (Å²) in [5.41, 5.74) is 0.600. The molecule has 3 aromatic heterocycles. The first-order valence-electron chi connectivity index (χ1n) is 15.2. The van der Waals surface area contributed by atoms with Gasteiger partial charge in [-0.05, 0) is 48.5 Å². The second kappa shape index (κ2) is 12.8. The smallest absolute Gasteiger partial charge is 0.284 e. The molecule has 0 N–H and O–H groups in total. The molecule has 0 saturated heterocycles. The maximum atomic E-state index is 9.89. The second-order valence-electron chi connectivity index (χ2n) is 10.6. The molecular weight excluding hydrogens is 632 g/mol. The van der Waals surface area contributed by atoms with E-state index in [1.54, 1.807) is 48.5 Å². The van der Waals surface area contributed by atoms with Gasteiger partial charge in [0.15, 0.2) is 11.4 Å². The Morgan fingerprint density at radius 1 is 0.320 bits per heavy atom. The molecule has 8 aromatic rings. The molecule has 0 aliphatic heterocycles. The van der Waals surface area contributed by atoms with E-state index < -0.39 is 0 Å². The zero-order valence-electron chi connectivity index (χ0n) is 25.8. The zero-order chi connectivity index (χ0) is 33.9. The average Bonchev–Trinajstić information content (AvgIpc) is 3.17. The minimum atomic E-state index is -0.199. The normalized spacial score (nSPS) is 10.8. The fraction of sp³-hybridized carbons (Fsp3) is 0. The molecule has 0 aliphatic rings. The summed E-state index contributed by atoms with van der Waals surface area (Å²) in [6.45, 7) is 0. The highest BCUT2D eigenvalue weighted by Crippen LogP contribution is 2.41. The molecule has 0 unspecified atom stereocenters. The molecule has 12 nitrogen and oxygen atoms in total. The maximum Gasteiger partial charge on any atom is 0.284 e. The summed E-state index contributed by atoms with van der Waals surface area (Å²) in [6.07, 6.45) is 0. The number of hydrogen-bond acceptors (Lipinski definition) is 12. The maximum absolute atomic E-state index is 9.89. The van der Waals surface area contributed by atoms with Crippen molar-refractivity contribution in [3.05, 3.63) is 133 Å². The molecule has 0 spiro atoms. The van der Waals surface area contributed by atoms with Crippen LogP contribution in [0.15, 0.2) is 121 Å². The van der Waals surface area contributed by atoms with Gasteiger partial charge in [0.05, 0.1) is 0 Å². The predicted molar refractivity (Wildman–Crippen MR) is 181 cm³/mol. The Kier molecular flexibility index (Phi) is 7.62. The van der Waals surface area contributed by atoms with E-state index in [0.717, 1.165) is 0 Å². The monoisotopic (exact) mass is 652 g/mol. The summed E-state index contributed by atoms with van der Waals surface area (Å²) in [5, 5.41) is 19.8. The zero-order valence-corrected chi connectivity index (χ0v) is 25.8. The summed E-state index contributed by atoms with van der Waals surface area (Å²) in [7, 11) is 0. The van der Waals surface area contributed by atoms with Gasteiger partial charge in [-0.2, -0.15) is 10.5 Å². The number of nitriles is 2. The van der Waals surface area contributed by atoms with Gasteiger partial charge in [0.25, 0.3) is 23.5 Å². The lowest BCUT2D eigenvalue weighted by Gasteiger charge is -2.15. The van der Waals surface area contributed by atoms with Crippen LogP contribution in [0.4, 0.5) is 0 Å². The van der Waals surface area contributed by atoms with Crippen molar-refractivity contribution in [3.8, 4) is 58.7 Å². The lowest BCUT2D eigenvalue weighted by molar-refractivity contribution is 0.394. The number of rotatable bonds is 8. The van der Waals surface area contributed by atoms with Crippen LogP contribution in [0.1, 0.15) is 11.4 Å². The van der Waals surface area contributed by atoms with E-state index in [2.05, 4.69) is 9.97 Å². The highest BCUT2D eigenvalue weighted by Gasteiger charge is 2.26. The SMILES string of the molecule is N#Cc1nc2c(nc1C#N)c1nc(Oc3ccccc3)c(Oc3ccccc3)nc1c1nc(Oc3ccccc3)c(Oc3ccccc3)nc21. The number of hydrogen-bond donors (Lipinski definition) is 0. The minimum absolute atomic E-state index is 0.00983. The Balaban J connectivity index is 1.46. The molecule has 0 atom stereocenters. The number of aromatic nitrogens is 6. The number of ether oxygens (including phenoxy) is 4. The Morgan fingerprint density at radius 3 is 0.760 bits per heavy atom. The van der Waals surface area contributed by atoms with E-state index in [1.165, 1.54) is 0 Å². The van der Waals surface area contributed by atoms with Crippen molar-refractivity contribution in [2.24, 2.45) is 0 Å². The lowest BCUT2D eigenvalue weighted by atomic mass is 10.1. The van der Waals surface area contributed by atoms with Gasteiger partial charge in [-0.3, -0.25) is 0 Å². The Labute approximate surface area is 283 Å². The van der Waals surface area contributed by atoms with E-state index in [9.17, 15) is 10.5 Å². The molecule has 0 radical (unpaired) electrons. The molecule has 236 valence electrons. The fourth-order valence-electron chi connectivity index (χ4n) is 5.06. The van der Waals surface area contributed by atoms with Crippen molar-refractivity contribution in [2.45, 2.75) is 0 Å². The standard InChI is InChI=1S/C38H20N8O4/c39-21-27-28(22-40)42-30-29(41-27)31-33(45-37(49-25-17-9-3-10-18-25)35(43-31)47-23-13-5-1-6-14-23)34-32(30)44-36(48-24-15-7-2-8-16-24)38(46-34)50-26-19-11-4-12-20-26/h1-20H. The van der Waals surface area contributed by atoms with Gasteiger partial charge in [0, 0.05) is 0 Å². The van der Waals surface area contributed by atoms with E-state index in [-0.39, 0.29) is 68.0 Å². The van der Waals surface area contributed by atoms with Crippen molar-refractivity contribution >= 4 is 33.1 Å². The number of para-hydroxylation sites is 4. The van der Waals surface area contributed by atoms with Gasteiger partial charge in [0.2, 0.25) is 0 Å². The minimum Gasteiger partial charge on any atom is -0.435 e. The largest absolute Gasteiger partial charge is 0.435 e. The van der Waals surface area contributed by atoms with Gasteiger partial charge in [-0.25, -0.2) is 29.9 Å². The molecule has 0 bridgehead atoms. The second-order valence-corrected chi connectivity index (χ2v) is 10.6. The van der Waals surface area contributed by atoms with Crippen molar-refractivity contribution in [2.75, 3.05) is 0 Å². The van der Waals surface area contributed by atoms with Crippen molar-refractivity contribution in [3.63, 3.8) is 0 Å². The first kappa shape index (κ1) is 29.7. The van der Waals surface area contributed by atoms with Crippen molar-refractivity contribution < 1.29 is 18.9 Å². The van der Waals surface area contributed by atoms with Crippen molar-refractivity contribution in [1.29, 1.82) is 10.5 Å². The third-order valence-corrected chi connectivity index (χ3v) is 7.28. The predicted octanol–water partition coefficient (Wildman–Crippen LogP) is 8.43. The molecule has 8 rings (SSSR count). The third-order valence-electron chi connectivity index (χ3n) is 7.28. The van der Waals surface area contributed by atoms with Crippen LogP contribution in [0.5, 0.6) is 46.5 Å². The van der Waals surface area contributed by atoms with Crippen molar-refractivity contribution in [1.82, 2.24) is 29.9 Å².